The second-order valence-corrected chi connectivity index (χ2v) is 5.60. The molecular weight excluding hydrogens is 272 g/mol. The Hall–Kier alpha value is -0.500. The largest absolute Gasteiger partial charge is 0.464 e. The average Bonchev–Trinajstić information content (AvgIpc) is 2.81. The van der Waals surface area contributed by atoms with Crippen LogP contribution in [0.1, 0.15) is 32.6 Å². The van der Waals surface area contributed by atoms with Crippen LogP contribution in [0, 0.1) is 5.92 Å². The van der Waals surface area contributed by atoms with Gasteiger partial charge in [0.05, 0.1) is 12.7 Å². The van der Waals surface area contributed by atoms with E-state index in [0.717, 1.165) is 25.7 Å². The van der Waals surface area contributed by atoms with E-state index < -0.39 is 29.5 Å². The Bertz CT molecular complexity index is 339. The fraction of sp³-hybridized carbons (Fsp3) is 0.917. The minimum Gasteiger partial charge on any atom is -0.464 e. The van der Waals surface area contributed by atoms with Crippen molar-refractivity contribution in [2.24, 2.45) is 5.92 Å². The molecule has 1 saturated carbocycles. The number of methoxy groups -OCH3 is 1. The second-order valence-electron chi connectivity index (χ2n) is 4.81. The zero-order chi connectivity index (χ0) is 13.8. The molecule has 1 saturated heterocycles. The van der Waals surface area contributed by atoms with Gasteiger partial charge in [-0.3, -0.25) is 8.37 Å². The van der Waals surface area contributed by atoms with Crippen molar-refractivity contribution in [3.63, 3.8) is 0 Å². The summed E-state index contributed by atoms with van der Waals surface area (Å²) in [5, 5.41) is 0. The molecular formula is C12H20O6S. The SMILES string of the molecule is CCOC(=O)[C@H]1OS(=O)O[C@@H]1C1CCC(OC)CC1. The third kappa shape index (κ3) is 3.53. The smallest absolute Gasteiger partial charge is 0.339 e. The van der Waals surface area contributed by atoms with Gasteiger partial charge < -0.3 is 9.47 Å². The molecule has 0 spiro atoms. The lowest BCUT2D eigenvalue weighted by atomic mass is 9.82. The quantitative estimate of drug-likeness (QED) is 0.723. The van der Waals surface area contributed by atoms with Crippen LogP contribution in [0.3, 0.4) is 0 Å². The molecule has 7 heteroatoms. The molecule has 110 valence electrons. The monoisotopic (exact) mass is 292 g/mol. The summed E-state index contributed by atoms with van der Waals surface area (Å²) in [6.07, 6.45) is 2.51. The number of rotatable bonds is 4. The van der Waals surface area contributed by atoms with Crippen molar-refractivity contribution in [3.8, 4) is 0 Å². The fourth-order valence-corrected chi connectivity index (χ4v) is 3.52. The first-order valence-electron chi connectivity index (χ1n) is 6.61. The number of carbonyl (C=O) groups is 1. The van der Waals surface area contributed by atoms with Gasteiger partial charge in [-0.25, -0.2) is 4.79 Å². The molecule has 19 heavy (non-hydrogen) atoms. The van der Waals surface area contributed by atoms with Crippen LogP contribution in [-0.4, -0.2) is 42.2 Å². The second kappa shape index (κ2) is 6.78. The van der Waals surface area contributed by atoms with Crippen LogP contribution in [-0.2, 0) is 34.0 Å². The third-order valence-electron chi connectivity index (χ3n) is 3.71. The van der Waals surface area contributed by atoms with Gasteiger partial charge in [0.15, 0.2) is 0 Å². The van der Waals surface area contributed by atoms with Crippen LogP contribution >= 0.6 is 0 Å². The van der Waals surface area contributed by atoms with E-state index in [9.17, 15) is 9.00 Å². The summed E-state index contributed by atoms with van der Waals surface area (Å²) in [6, 6.07) is 0. The highest BCUT2D eigenvalue weighted by Crippen LogP contribution is 2.35. The average molecular weight is 292 g/mol. The summed E-state index contributed by atoms with van der Waals surface area (Å²) < 4.78 is 31.9. The van der Waals surface area contributed by atoms with Crippen LogP contribution < -0.4 is 0 Å². The normalized spacial score (nSPS) is 39.2. The van der Waals surface area contributed by atoms with E-state index in [0.29, 0.717) is 0 Å². The van der Waals surface area contributed by atoms with Crippen LogP contribution in [0.25, 0.3) is 0 Å². The first-order chi connectivity index (χ1) is 9.15. The molecule has 3 atom stereocenters. The fourth-order valence-electron chi connectivity index (χ4n) is 2.68. The van der Waals surface area contributed by atoms with Crippen molar-refractivity contribution in [1.82, 2.24) is 0 Å². The maximum atomic E-state index is 11.8. The maximum absolute atomic E-state index is 11.8. The summed E-state index contributed by atoms with van der Waals surface area (Å²) in [5.74, 6) is -0.334. The van der Waals surface area contributed by atoms with Gasteiger partial charge in [0.2, 0.25) is 6.10 Å². The Labute approximate surface area is 115 Å². The Balaban J connectivity index is 1.97. The standard InChI is InChI=1S/C12H20O6S/c1-3-16-12(13)11-10(17-19(14)18-11)8-4-6-9(15-2)7-5-8/h8-11H,3-7H2,1-2H3/t8?,9?,10-,11+,19?/m1/s1. The van der Waals surface area contributed by atoms with Crippen molar-refractivity contribution in [1.29, 1.82) is 0 Å². The lowest BCUT2D eigenvalue weighted by Gasteiger charge is -2.31. The topological polar surface area (TPSA) is 71.1 Å². The molecule has 2 fully saturated rings. The molecule has 0 radical (unpaired) electrons. The van der Waals surface area contributed by atoms with E-state index in [4.69, 9.17) is 17.8 Å². The van der Waals surface area contributed by atoms with Crippen molar-refractivity contribution in [2.75, 3.05) is 13.7 Å². The van der Waals surface area contributed by atoms with Gasteiger partial charge in [0.25, 0.3) is 0 Å². The molecule has 0 amide bonds. The Kier molecular flexibility index (Phi) is 5.32. The Morgan fingerprint density at radius 3 is 2.53 bits per heavy atom. The van der Waals surface area contributed by atoms with Gasteiger partial charge in [-0.1, -0.05) is 0 Å². The molecule has 1 heterocycles. The summed E-state index contributed by atoms with van der Waals surface area (Å²) in [5.41, 5.74) is 0. The number of hydrogen-bond acceptors (Lipinski definition) is 6. The third-order valence-corrected chi connectivity index (χ3v) is 4.45. The Morgan fingerprint density at radius 2 is 1.95 bits per heavy atom. The van der Waals surface area contributed by atoms with Gasteiger partial charge in [-0.2, -0.15) is 4.21 Å². The first-order valence-corrected chi connectivity index (χ1v) is 7.61. The summed E-state index contributed by atoms with van der Waals surface area (Å²) >= 11 is -1.85. The molecule has 2 rings (SSSR count). The number of esters is 1. The van der Waals surface area contributed by atoms with Gasteiger partial charge >= 0.3 is 17.3 Å². The molecule has 2 aliphatic rings. The lowest BCUT2D eigenvalue weighted by molar-refractivity contribution is -0.153. The van der Waals surface area contributed by atoms with E-state index >= 15 is 0 Å². The van der Waals surface area contributed by atoms with Crippen LogP contribution in [0.2, 0.25) is 0 Å². The minimum atomic E-state index is -1.85. The van der Waals surface area contributed by atoms with Crippen LogP contribution in [0.5, 0.6) is 0 Å². The van der Waals surface area contributed by atoms with Crippen molar-refractivity contribution in [3.05, 3.63) is 0 Å². The highest BCUT2D eigenvalue weighted by Gasteiger charge is 2.46. The predicted octanol–water partition coefficient (Wildman–Crippen LogP) is 1.12. The predicted molar refractivity (Wildman–Crippen MR) is 67.3 cm³/mol. The molecule has 1 aliphatic heterocycles. The molecule has 0 aromatic rings. The summed E-state index contributed by atoms with van der Waals surface area (Å²) in [6.45, 7) is 2.00. The van der Waals surface area contributed by atoms with Crippen molar-refractivity contribution in [2.45, 2.75) is 50.9 Å². The van der Waals surface area contributed by atoms with Crippen molar-refractivity contribution < 1.29 is 26.8 Å². The van der Waals surface area contributed by atoms with E-state index in [1.807, 2.05) is 0 Å². The van der Waals surface area contributed by atoms with Gasteiger partial charge in [0, 0.05) is 7.11 Å². The number of ether oxygens (including phenoxy) is 2. The van der Waals surface area contributed by atoms with Gasteiger partial charge in [0.1, 0.15) is 6.10 Å². The van der Waals surface area contributed by atoms with Crippen LogP contribution in [0.15, 0.2) is 0 Å². The zero-order valence-corrected chi connectivity index (χ0v) is 12.0. The number of carbonyl (C=O) groups excluding carboxylic acids is 1. The summed E-state index contributed by atoms with van der Waals surface area (Å²) in [4.78, 5) is 11.8. The maximum Gasteiger partial charge on any atom is 0.339 e. The molecule has 0 bridgehead atoms. The number of hydrogen-bond donors (Lipinski definition) is 0. The van der Waals surface area contributed by atoms with Gasteiger partial charge in [-0.15, -0.1) is 0 Å². The first kappa shape index (κ1) is 14.9. The molecule has 6 nitrogen and oxygen atoms in total. The van der Waals surface area contributed by atoms with E-state index in [2.05, 4.69) is 0 Å². The summed E-state index contributed by atoms with van der Waals surface area (Å²) in [7, 11) is 1.71. The van der Waals surface area contributed by atoms with Crippen molar-refractivity contribution >= 4 is 17.3 Å². The molecule has 1 unspecified atom stereocenters. The van der Waals surface area contributed by atoms with E-state index in [1.54, 1.807) is 14.0 Å². The molecule has 0 N–H and O–H groups in total. The van der Waals surface area contributed by atoms with Gasteiger partial charge in [-0.05, 0) is 38.5 Å². The Morgan fingerprint density at radius 1 is 1.26 bits per heavy atom. The molecule has 0 aromatic carbocycles. The molecule has 1 aliphatic carbocycles. The minimum absolute atomic E-state index is 0.159. The molecule has 0 aromatic heterocycles. The van der Waals surface area contributed by atoms with E-state index in [1.165, 1.54) is 0 Å². The lowest BCUT2D eigenvalue weighted by Crippen LogP contribution is -2.40. The van der Waals surface area contributed by atoms with Crippen LogP contribution in [0.4, 0.5) is 0 Å². The van der Waals surface area contributed by atoms with E-state index in [-0.39, 0.29) is 18.6 Å². The zero-order valence-electron chi connectivity index (χ0n) is 11.2. The highest BCUT2D eigenvalue weighted by atomic mass is 32.2. The highest BCUT2D eigenvalue weighted by molar-refractivity contribution is 7.75.